The molecule has 0 amide bonds. The Labute approximate surface area is 203 Å². The highest BCUT2D eigenvalue weighted by atomic mass is 19.1. The number of hydrogen-bond donors (Lipinski definition) is 0. The highest BCUT2D eigenvalue weighted by Crippen LogP contribution is 2.46. The van der Waals surface area contributed by atoms with E-state index < -0.39 is 0 Å². The van der Waals surface area contributed by atoms with Crippen LogP contribution in [0.15, 0.2) is 30.3 Å². The van der Waals surface area contributed by atoms with Crippen molar-refractivity contribution in [3.8, 4) is 0 Å². The maximum absolute atomic E-state index is 12.6. The van der Waals surface area contributed by atoms with E-state index >= 15 is 0 Å². The summed E-state index contributed by atoms with van der Waals surface area (Å²) in [5.41, 5.74) is 2.85. The van der Waals surface area contributed by atoms with Crippen LogP contribution in [0.3, 0.4) is 0 Å². The van der Waals surface area contributed by atoms with Crippen LogP contribution in [0.25, 0.3) is 6.08 Å². The SMILES string of the molecule is CCC=Cc1ccc(CCC2CCC(C3CCC(C4CCC(CCF)CC4)CC3)CC2)cc1. The summed E-state index contributed by atoms with van der Waals surface area (Å²) in [7, 11) is 0. The molecule has 3 saturated carbocycles. The first-order valence-electron chi connectivity index (χ1n) is 14.6. The van der Waals surface area contributed by atoms with Crippen molar-refractivity contribution in [2.45, 2.75) is 110 Å². The second-order valence-corrected chi connectivity index (χ2v) is 11.8. The molecule has 33 heavy (non-hydrogen) atoms. The van der Waals surface area contributed by atoms with Gasteiger partial charge in [0, 0.05) is 0 Å². The molecule has 3 aliphatic rings. The zero-order valence-corrected chi connectivity index (χ0v) is 21.3. The van der Waals surface area contributed by atoms with Crippen LogP contribution in [0.2, 0.25) is 0 Å². The summed E-state index contributed by atoms with van der Waals surface area (Å²) in [6.07, 6.45) is 26.4. The molecule has 0 bridgehead atoms. The fraction of sp³-hybridized carbons (Fsp3) is 0.750. The predicted octanol–water partition coefficient (Wildman–Crippen LogP) is 9.82. The highest BCUT2D eigenvalue weighted by Gasteiger charge is 2.34. The average molecular weight is 453 g/mol. The quantitative estimate of drug-likeness (QED) is 0.350. The van der Waals surface area contributed by atoms with Crippen LogP contribution in [0, 0.1) is 35.5 Å². The Morgan fingerprint density at radius 2 is 1.12 bits per heavy atom. The van der Waals surface area contributed by atoms with E-state index in [1.807, 2.05) is 0 Å². The zero-order valence-electron chi connectivity index (χ0n) is 21.3. The summed E-state index contributed by atoms with van der Waals surface area (Å²) < 4.78 is 12.6. The summed E-state index contributed by atoms with van der Waals surface area (Å²) >= 11 is 0. The molecule has 0 spiro atoms. The second-order valence-electron chi connectivity index (χ2n) is 11.8. The van der Waals surface area contributed by atoms with Crippen molar-refractivity contribution in [1.82, 2.24) is 0 Å². The van der Waals surface area contributed by atoms with Crippen LogP contribution < -0.4 is 0 Å². The number of hydrogen-bond acceptors (Lipinski definition) is 0. The molecule has 3 fully saturated rings. The van der Waals surface area contributed by atoms with E-state index in [9.17, 15) is 4.39 Å². The molecule has 0 nitrogen and oxygen atoms in total. The average Bonchev–Trinajstić information content (AvgIpc) is 2.88. The lowest BCUT2D eigenvalue weighted by atomic mass is 9.64. The smallest absolute Gasteiger partial charge is 0.0897 e. The summed E-state index contributed by atoms with van der Waals surface area (Å²) in [6.45, 7) is 2.08. The number of benzene rings is 1. The normalized spacial score (nSPS) is 33.4. The Hall–Kier alpha value is -1.11. The van der Waals surface area contributed by atoms with Crippen LogP contribution in [0.5, 0.6) is 0 Å². The standard InChI is InChI=1S/C32H49F/c1-2-3-4-25-5-7-26(8-6-25)9-10-27-11-15-29(16-12-27)31-19-21-32(22-20-31)30-17-13-28(14-18-30)23-24-33/h3-8,27-32H,2,9-24H2,1H3. The maximum Gasteiger partial charge on any atom is 0.0897 e. The van der Waals surface area contributed by atoms with Gasteiger partial charge in [0.15, 0.2) is 0 Å². The van der Waals surface area contributed by atoms with Gasteiger partial charge < -0.3 is 0 Å². The minimum absolute atomic E-state index is 0.104. The van der Waals surface area contributed by atoms with E-state index in [-0.39, 0.29) is 6.67 Å². The highest BCUT2D eigenvalue weighted by molar-refractivity contribution is 5.49. The number of allylic oxidation sites excluding steroid dienone is 1. The van der Waals surface area contributed by atoms with E-state index in [1.165, 1.54) is 101 Å². The third-order valence-corrected chi connectivity index (χ3v) is 9.82. The van der Waals surface area contributed by atoms with Gasteiger partial charge >= 0.3 is 0 Å². The minimum atomic E-state index is -0.104. The molecule has 3 aliphatic carbocycles. The fourth-order valence-electron chi connectivity index (χ4n) is 7.56. The van der Waals surface area contributed by atoms with Crippen LogP contribution >= 0.6 is 0 Å². The summed E-state index contributed by atoms with van der Waals surface area (Å²) in [4.78, 5) is 0. The van der Waals surface area contributed by atoms with Gasteiger partial charge in [-0.3, -0.25) is 4.39 Å². The Kier molecular flexibility index (Phi) is 9.93. The molecule has 0 heterocycles. The van der Waals surface area contributed by atoms with Crippen LogP contribution in [0.4, 0.5) is 4.39 Å². The Balaban J connectivity index is 1.12. The lowest BCUT2D eigenvalue weighted by molar-refractivity contribution is 0.102. The lowest BCUT2D eigenvalue weighted by Gasteiger charge is -2.41. The van der Waals surface area contributed by atoms with E-state index in [4.69, 9.17) is 0 Å². The van der Waals surface area contributed by atoms with E-state index in [2.05, 4.69) is 43.3 Å². The summed E-state index contributed by atoms with van der Waals surface area (Å²) in [5.74, 6) is 5.65. The van der Waals surface area contributed by atoms with Crippen molar-refractivity contribution < 1.29 is 4.39 Å². The van der Waals surface area contributed by atoms with Crippen LogP contribution in [-0.2, 0) is 6.42 Å². The van der Waals surface area contributed by atoms with Gasteiger partial charge in [0.05, 0.1) is 6.67 Å². The largest absolute Gasteiger partial charge is 0.251 e. The van der Waals surface area contributed by atoms with Crippen molar-refractivity contribution in [2.75, 3.05) is 6.67 Å². The van der Waals surface area contributed by atoms with E-state index in [0.717, 1.165) is 42.4 Å². The molecule has 1 aromatic carbocycles. The number of aryl methyl sites for hydroxylation is 1. The minimum Gasteiger partial charge on any atom is -0.251 e. The van der Waals surface area contributed by atoms with E-state index in [0.29, 0.717) is 5.92 Å². The van der Waals surface area contributed by atoms with Gasteiger partial charge in [-0.2, -0.15) is 0 Å². The third-order valence-electron chi connectivity index (χ3n) is 9.82. The molecule has 184 valence electrons. The Morgan fingerprint density at radius 3 is 1.58 bits per heavy atom. The van der Waals surface area contributed by atoms with Crippen molar-refractivity contribution >= 4 is 6.08 Å². The molecule has 1 heteroatoms. The Morgan fingerprint density at radius 1 is 0.667 bits per heavy atom. The molecule has 4 rings (SSSR count). The van der Waals surface area contributed by atoms with Crippen molar-refractivity contribution in [2.24, 2.45) is 35.5 Å². The van der Waals surface area contributed by atoms with Gasteiger partial charge in [0.1, 0.15) is 0 Å². The number of halogens is 1. The molecule has 0 N–H and O–H groups in total. The topological polar surface area (TPSA) is 0 Å². The van der Waals surface area contributed by atoms with Gasteiger partial charge in [-0.15, -0.1) is 0 Å². The molecule has 1 aromatic rings. The predicted molar refractivity (Wildman–Crippen MR) is 141 cm³/mol. The summed E-state index contributed by atoms with van der Waals surface area (Å²) in [6, 6.07) is 9.24. The molecule has 0 aromatic heterocycles. The van der Waals surface area contributed by atoms with Gasteiger partial charge in [-0.25, -0.2) is 0 Å². The number of rotatable bonds is 9. The fourth-order valence-corrected chi connectivity index (χ4v) is 7.56. The van der Waals surface area contributed by atoms with Gasteiger partial charge in [0.25, 0.3) is 0 Å². The first kappa shape index (κ1) is 25.0. The third kappa shape index (κ3) is 7.43. The molecule has 0 aliphatic heterocycles. The maximum atomic E-state index is 12.6. The molecular weight excluding hydrogens is 403 g/mol. The van der Waals surface area contributed by atoms with Crippen molar-refractivity contribution in [3.05, 3.63) is 41.5 Å². The first-order chi connectivity index (χ1) is 16.2. The first-order valence-corrected chi connectivity index (χ1v) is 14.6. The molecule has 0 saturated heterocycles. The van der Waals surface area contributed by atoms with Crippen molar-refractivity contribution in [1.29, 1.82) is 0 Å². The Bertz CT molecular complexity index is 680. The second kappa shape index (κ2) is 13.1. The summed E-state index contributed by atoms with van der Waals surface area (Å²) in [5, 5.41) is 0. The molecule has 0 radical (unpaired) electrons. The monoisotopic (exact) mass is 452 g/mol. The van der Waals surface area contributed by atoms with E-state index in [1.54, 1.807) is 0 Å². The van der Waals surface area contributed by atoms with Gasteiger partial charge in [-0.05, 0) is 124 Å². The van der Waals surface area contributed by atoms with Crippen LogP contribution in [0.1, 0.15) is 114 Å². The number of alkyl halides is 1. The van der Waals surface area contributed by atoms with Crippen LogP contribution in [-0.4, -0.2) is 6.67 Å². The van der Waals surface area contributed by atoms with Gasteiger partial charge in [0.2, 0.25) is 0 Å². The molecule has 0 atom stereocenters. The lowest BCUT2D eigenvalue weighted by Crippen LogP contribution is -2.30. The van der Waals surface area contributed by atoms with Crippen molar-refractivity contribution in [3.63, 3.8) is 0 Å². The molecular formula is C32H49F. The molecule has 0 unspecified atom stereocenters. The van der Waals surface area contributed by atoms with Gasteiger partial charge in [-0.1, -0.05) is 69.0 Å². The zero-order chi connectivity index (χ0) is 22.9.